The van der Waals surface area contributed by atoms with Gasteiger partial charge in [0.1, 0.15) is 0 Å². The smallest absolute Gasteiger partial charge is 0.411 e. The molecule has 0 bridgehead atoms. The number of aromatic nitrogens is 1. The van der Waals surface area contributed by atoms with Crippen molar-refractivity contribution in [3.8, 4) is 11.3 Å². The highest BCUT2D eigenvalue weighted by Gasteiger charge is 2.30. The quantitative estimate of drug-likeness (QED) is 0.513. The molecule has 1 aromatic heterocycles. The van der Waals surface area contributed by atoms with Crippen molar-refractivity contribution in [3.63, 3.8) is 0 Å². The molecule has 19 heavy (non-hydrogen) atoms. The molecule has 0 radical (unpaired) electrons. The minimum absolute atomic E-state index is 0.350. The zero-order valence-electron chi connectivity index (χ0n) is 9.59. The van der Waals surface area contributed by atoms with E-state index in [1.54, 1.807) is 18.2 Å². The normalized spacial score (nSPS) is 11.9. The molecule has 0 aliphatic rings. The van der Waals surface area contributed by atoms with Gasteiger partial charge in [-0.3, -0.25) is 0 Å². The van der Waals surface area contributed by atoms with Gasteiger partial charge in [0.05, 0.1) is 23.2 Å². The Balaban J connectivity index is 2.44. The largest absolute Gasteiger partial charge is 0.416 e. The van der Waals surface area contributed by atoms with E-state index in [4.69, 9.17) is 5.21 Å². The lowest BCUT2D eigenvalue weighted by Crippen LogP contribution is -2.04. The molecule has 0 saturated heterocycles. The second-order valence-electron chi connectivity index (χ2n) is 3.77. The Morgan fingerprint density at radius 2 is 1.84 bits per heavy atom. The molecule has 0 amide bonds. The molecule has 3 nitrogen and oxygen atoms in total. The molecule has 2 aromatic rings. The summed E-state index contributed by atoms with van der Waals surface area (Å²) in [4.78, 5) is 4.08. The van der Waals surface area contributed by atoms with Crippen LogP contribution in [0, 0.1) is 0 Å². The zero-order chi connectivity index (χ0) is 13.9. The summed E-state index contributed by atoms with van der Waals surface area (Å²) in [5.41, 5.74) is 0.358. The fraction of sp³-hybridized carbons (Fsp3) is 0.0769. The van der Waals surface area contributed by atoms with Crippen LogP contribution in [0.4, 0.5) is 13.2 Å². The average Bonchev–Trinajstić information content (AvgIpc) is 2.39. The third-order valence-electron chi connectivity index (χ3n) is 2.45. The Bertz CT molecular complexity index is 609. The SMILES string of the molecule is ON=Cc1cccc(-c2cccc(C(F)(F)F)c2)n1. The fourth-order valence-corrected chi connectivity index (χ4v) is 1.60. The van der Waals surface area contributed by atoms with Gasteiger partial charge in [-0.25, -0.2) is 4.98 Å². The van der Waals surface area contributed by atoms with Crippen molar-refractivity contribution in [1.29, 1.82) is 0 Å². The molecular formula is C13H9F3N2O. The molecule has 98 valence electrons. The molecule has 1 heterocycles. The summed E-state index contributed by atoms with van der Waals surface area (Å²) >= 11 is 0. The first-order valence-corrected chi connectivity index (χ1v) is 5.33. The van der Waals surface area contributed by atoms with Gasteiger partial charge in [-0.1, -0.05) is 23.4 Å². The van der Waals surface area contributed by atoms with Crippen molar-refractivity contribution in [1.82, 2.24) is 4.98 Å². The Morgan fingerprint density at radius 1 is 1.11 bits per heavy atom. The van der Waals surface area contributed by atoms with E-state index in [0.717, 1.165) is 18.3 Å². The van der Waals surface area contributed by atoms with Crippen LogP contribution >= 0.6 is 0 Å². The monoisotopic (exact) mass is 266 g/mol. The molecule has 0 aliphatic heterocycles. The Hall–Kier alpha value is -2.37. The van der Waals surface area contributed by atoms with E-state index in [9.17, 15) is 13.2 Å². The molecular weight excluding hydrogens is 257 g/mol. The van der Waals surface area contributed by atoms with E-state index in [0.29, 0.717) is 17.0 Å². The lowest BCUT2D eigenvalue weighted by atomic mass is 10.1. The number of oxime groups is 1. The predicted molar refractivity (Wildman–Crippen MR) is 64.1 cm³/mol. The van der Waals surface area contributed by atoms with Gasteiger partial charge in [0.15, 0.2) is 0 Å². The van der Waals surface area contributed by atoms with E-state index in [1.807, 2.05) is 0 Å². The summed E-state index contributed by atoms with van der Waals surface area (Å²) in [6.07, 6.45) is -3.28. The molecule has 0 saturated carbocycles. The third kappa shape index (κ3) is 3.09. The molecule has 0 atom stereocenters. The van der Waals surface area contributed by atoms with Crippen LogP contribution in [0.2, 0.25) is 0 Å². The highest BCUT2D eigenvalue weighted by atomic mass is 19.4. The maximum atomic E-state index is 12.6. The van der Waals surface area contributed by atoms with E-state index in [1.165, 1.54) is 12.1 Å². The molecule has 0 aliphatic carbocycles. The maximum absolute atomic E-state index is 12.6. The lowest BCUT2D eigenvalue weighted by Gasteiger charge is -2.08. The average molecular weight is 266 g/mol. The van der Waals surface area contributed by atoms with Gasteiger partial charge in [0, 0.05) is 5.56 Å². The van der Waals surface area contributed by atoms with Crippen LogP contribution in [-0.4, -0.2) is 16.4 Å². The molecule has 2 rings (SSSR count). The summed E-state index contributed by atoms with van der Waals surface area (Å²) in [6.45, 7) is 0. The highest BCUT2D eigenvalue weighted by Crippen LogP contribution is 2.31. The van der Waals surface area contributed by atoms with Gasteiger partial charge < -0.3 is 5.21 Å². The maximum Gasteiger partial charge on any atom is 0.416 e. The standard InChI is InChI=1S/C13H9F3N2O/c14-13(15,16)10-4-1-3-9(7-10)12-6-2-5-11(18-12)8-17-19/h1-8,19H. The number of pyridine rings is 1. The van der Waals surface area contributed by atoms with Gasteiger partial charge in [-0.2, -0.15) is 13.2 Å². The molecule has 1 aromatic carbocycles. The van der Waals surface area contributed by atoms with Gasteiger partial charge in [-0.05, 0) is 24.3 Å². The summed E-state index contributed by atoms with van der Waals surface area (Å²) in [5.74, 6) is 0. The van der Waals surface area contributed by atoms with Crippen molar-refractivity contribution >= 4 is 6.21 Å². The van der Waals surface area contributed by atoms with Crippen LogP contribution in [0.3, 0.4) is 0 Å². The van der Waals surface area contributed by atoms with E-state index >= 15 is 0 Å². The number of nitrogens with zero attached hydrogens (tertiary/aromatic N) is 2. The van der Waals surface area contributed by atoms with Crippen LogP contribution in [0.15, 0.2) is 47.6 Å². The van der Waals surface area contributed by atoms with Crippen molar-refractivity contribution in [2.45, 2.75) is 6.18 Å². The third-order valence-corrected chi connectivity index (χ3v) is 2.45. The number of rotatable bonds is 2. The summed E-state index contributed by atoms with van der Waals surface area (Å²) < 4.78 is 37.8. The second kappa shape index (κ2) is 5.09. The van der Waals surface area contributed by atoms with Crippen molar-refractivity contribution < 1.29 is 18.4 Å². The van der Waals surface area contributed by atoms with Crippen LogP contribution in [0.1, 0.15) is 11.3 Å². The van der Waals surface area contributed by atoms with Gasteiger partial charge in [-0.15, -0.1) is 0 Å². The van der Waals surface area contributed by atoms with Gasteiger partial charge in [0.25, 0.3) is 0 Å². The number of alkyl halides is 3. The minimum atomic E-state index is -4.39. The molecule has 0 fully saturated rings. The van der Waals surface area contributed by atoms with Gasteiger partial charge in [0.2, 0.25) is 0 Å². The summed E-state index contributed by atoms with van der Waals surface area (Å²) in [6, 6.07) is 9.69. The molecule has 0 spiro atoms. The van der Waals surface area contributed by atoms with Crippen LogP contribution in [0.25, 0.3) is 11.3 Å². The zero-order valence-corrected chi connectivity index (χ0v) is 9.59. The molecule has 1 N–H and O–H groups in total. The number of halogens is 3. The minimum Gasteiger partial charge on any atom is -0.411 e. The first kappa shape index (κ1) is 13.1. The first-order chi connectivity index (χ1) is 9.00. The molecule has 0 unspecified atom stereocenters. The van der Waals surface area contributed by atoms with Crippen LogP contribution in [0.5, 0.6) is 0 Å². The van der Waals surface area contributed by atoms with E-state index < -0.39 is 11.7 Å². The van der Waals surface area contributed by atoms with E-state index in [2.05, 4.69) is 10.1 Å². The predicted octanol–water partition coefficient (Wildman–Crippen LogP) is 3.58. The lowest BCUT2D eigenvalue weighted by molar-refractivity contribution is -0.137. The van der Waals surface area contributed by atoms with Crippen molar-refractivity contribution in [2.75, 3.05) is 0 Å². The Labute approximate surface area is 107 Å². The van der Waals surface area contributed by atoms with Crippen LogP contribution < -0.4 is 0 Å². The molecule has 6 heteroatoms. The van der Waals surface area contributed by atoms with Gasteiger partial charge >= 0.3 is 6.18 Å². The summed E-state index contributed by atoms with van der Waals surface area (Å²) in [7, 11) is 0. The van der Waals surface area contributed by atoms with E-state index in [-0.39, 0.29) is 0 Å². The number of hydrogen-bond donors (Lipinski definition) is 1. The fourth-order valence-electron chi connectivity index (χ4n) is 1.60. The second-order valence-corrected chi connectivity index (χ2v) is 3.77. The number of hydrogen-bond acceptors (Lipinski definition) is 3. The van der Waals surface area contributed by atoms with Crippen molar-refractivity contribution in [2.24, 2.45) is 5.16 Å². The Kier molecular flexibility index (Phi) is 3.50. The summed E-state index contributed by atoms with van der Waals surface area (Å²) in [5, 5.41) is 11.2. The van der Waals surface area contributed by atoms with Crippen LogP contribution in [-0.2, 0) is 6.18 Å². The van der Waals surface area contributed by atoms with Crippen molar-refractivity contribution in [3.05, 3.63) is 53.7 Å². The first-order valence-electron chi connectivity index (χ1n) is 5.33. The topological polar surface area (TPSA) is 45.5 Å². The Morgan fingerprint density at radius 3 is 2.53 bits per heavy atom. The highest BCUT2D eigenvalue weighted by molar-refractivity contribution is 5.77. The number of benzene rings is 1.